The molecule has 3 nitrogen and oxygen atoms in total. The van der Waals surface area contributed by atoms with Crippen molar-refractivity contribution in [2.45, 2.75) is 31.7 Å². The third-order valence-electron chi connectivity index (χ3n) is 3.98. The molecule has 1 aromatic carbocycles. The number of rotatable bonds is 6. The second kappa shape index (κ2) is 7.25. The number of nitrogens with zero attached hydrogens (tertiary/aromatic N) is 1. The number of thiocarbonyl (C=S) groups is 1. The number of nitrogens with one attached hydrogen (secondary N) is 1. The summed E-state index contributed by atoms with van der Waals surface area (Å²) in [5.74, 6) is 0. The maximum atomic E-state index is 6.22. The number of hydrogen-bond acceptors (Lipinski definition) is 3. The van der Waals surface area contributed by atoms with Gasteiger partial charge in [0.05, 0.1) is 10.7 Å². The molecule has 0 spiro atoms. The molecule has 2 rings (SSSR count). The molecule has 0 unspecified atom stereocenters. The van der Waals surface area contributed by atoms with Crippen LogP contribution >= 0.6 is 23.8 Å². The van der Waals surface area contributed by atoms with Gasteiger partial charge in [0.1, 0.15) is 4.99 Å². The second-order valence-corrected chi connectivity index (χ2v) is 6.25. The minimum atomic E-state index is 0.374. The zero-order chi connectivity index (χ0) is 14.5. The summed E-state index contributed by atoms with van der Waals surface area (Å²) in [6.07, 6.45) is 5.41. The van der Waals surface area contributed by atoms with Gasteiger partial charge in [-0.05, 0) is 38.1 Å². The number of likely N-dealkylation sites (N-methyl/N-ethyl adjacent to an activating group) is 1. The third kappa shape index (κ3) is 4.08. The molecule has 0 bridgehead atoms. The highest BCUT2D eigenvalue weighted by molar-refractivity contribution is 7.80. The van der Waals surface area contributed by atoms with Gasteiger partial charge in [0, 0.05) is 24.7 Å². The van der Waals surface area contributed by atoms with Gasteiger partial charge in [0.25, 0.3) is 0 Å². The second-order valence-electron chi connectivity index (χ2n) is 5.40. The number of halogens is 1. The van der Waals surface area contributed by atoms with Crippen LogP contribution < -0.4 is 11.1 Å². The SMILES string of the molecule is CN(CCNc1ccc(C(N)=S)cc1Cl)C1CCCC1. The van der Waals surface area contributed by atoms with E-state index in [0.29, 0.717) is 10.0 Å². The van der Waals surface area contributed by atoms with Crippen LogP contribution in [0.5, 0.6) is 0 Å². The first-order chi connectivity index (χ1) is 9.58. The Kier molecular flexibility index (Phi) is 5.64. The summed E-state index contributed by atoms with van der Waals surface area (Å²) >= 11 is 11.2. The normalized spacial score (nSPS) is 15.8. The van der Waals surface area contributed by atoms with Gasteiger partial charge in [0.2, 0.25) is 0 Å². The average Bonchev–Trinajstić information content (AvgIpc) is 2.94. The largest absolute Gasteiger partial charge is 0.389 e. The van der Waals surface area contributed by atoms with E-state index in [1.165, 1.54) is 25.7 Å². The summed E-state index contributed by atoms with van der Waals surface area (Å²) in [7, 11) is 2.20. The number of anilines is 1. The van der Waals surface area contributed by atoms with Crippen molar-refractivity contribution in [2.75, 3.05) is 25.5 Å². The van der Waals surface area contributed by atoms with Crippen LogP contribution in [0.3, 0.4) is 0 Å². The first kappa shape index (κ1) is 15.5. The van der Waals surface area contributed by atoms with Crippen molar-refractivity contribution >= 4 is 34.5 Å². The van der Waals surface area contributed by atoms with E-state index in [2.05, 4.69) is 17.3 Å². The van der Waals surface area contributed by atoms with Gasteiger partial charge in [-0.25, -0.2) is 0 Å². The molecule has 0 amide bonds. The molecule has 0 radical (unpaired) electrons. The maximum Gasteiger partial charge on any atom is 0.104 e. The smallest absolute Gasteiger partial charge is 0.104 e. The third-order valence-corrected chi connectivity index (χ3v) is 4.53. The van der Waals surface area contributed by atoms with Crippen LogP contribution in [0.25, 0.3) is 0 Å². The van der Waals surface area contributed by atoms with Crippen LogP contribution in [0.2, 0.25) is 5.02 Å². The van der Waals surface area contributed by atoms with Crippen LogP contribution in [-0.4, -0.2) is 36.1 Å². The summed E-state index contributed by atoms with van der Waals surface area (Å²) in [4.78, 5) is 2.82. The Morgan fingerprint density at radius 1 is 1.45 bits per heavy atom. The van der Waals surface area contributed by atoms with Gasteiger partial charge in [0.15, 0.2) is 0 Å². The Balaban J connectivity index is 1.83. The molecule has 0 atom stereocenters. The van der Waals surface area contributed by atoms with E-state index < -0.39 is 0 Å². The lowest BCUT2D eigenvalue weighted by Crippen LogP contribution is -2.33. The molecule has 110 valence electrons. The molecular weight excluding hydrogens is 290 g/mol. The predicted molar refractivity (Wildman–Crippen MR) is 90.7 cm³/mol. The summed E-state index contributed by atoms with van der Waals surface area (Å²) in [6.45, 7) is 1.91. The van der Waals surface area contributed by atoms with E-state index in [0.717, 1.165) is 30.4 Å². The molecule has 0 saturated heterocycles. The fourth-order valence-electron chi connectivity index (χ4n) is 2.71. The lowest BCUT2D eigenvalue weighted by molar-refractivity contribution is 0.254. The number of benzene rings is 1. The molecule has 0 heterocycles. The molecule has 20 heavy (non-hydrogen) atoms. The Hall–Kier alpha value is -0.840. The molecule has 1 fully saturated rings. The van der Waals surface area contributed by atoms with Gasteiger partial charge in [-0.3, -0.25) is 0 Å². The van der Waals surface area contributed by atoms with Crippen molar-refractivity contribution in [1.29, 1.82) is 0 Å². The predicted octanol–water partition coefficient (Wildman–Crippen LogP) is 3.26. The topological polar surface area (TPSA) is 41.3 Å². The summed E-state index contributed by atoms with van der Waals surface area (Å²) in [5, 5.41) is 4.04. The highest BCUT2D eigenvalue weighted by Gasteiger charge is 2.18. The Morgan fingerprint density at radius 3 is 2.75 bits per heavy atom. The Labute approximate surface area is 131 Å². The van der Waals surface area contributed by atoms with Crippen molar-refractivity contribution in [2.24, 2.45) is 5.73 Å². The monoisotopic (exact) mass is 311 g/mol. The van der Waals surface area contributed by atoms with Crippen molar-refractivity contribution in [3.05, 3.63) is 28.8 Å². The lowest BCUT2D eigenvalue weighted by atomic mass is 10.2. The molecular formula is C15H22ClN3S. The fourth-order valence-corrected chi connectivity index (χ4v) is 3.08. The average molecular weight is 312 g/mol. The molecule has 1 aromatic rings. The van der Waals surface area contributed by atoms with Crippen molar-refractivity contribution in [3.63, 3.8) is 0 Å². The van der Waals surface area contributed by atoms with Gasteiger partial charge >= 0.3 is 0 Å². The van der Waals surface area contributed by atoms with Gasteiger partial charge in [-0.15, -0.1) is 0 Å². The quantitative estimate of drug-likeness (QED) is 0.791. The van der Waals surface area contributed by atoms with Gasteiger partial charge in [-0.2, -0.15) is 0 Å². The molecule has 1 aliphatic rings. The van der Waals surface area contributed by atoms with E-state index >= 15 is 0 Å². The minimum Gasteiger partial charge on any atom is -0.389 e. The van der Waals surface area contributed by atoms with E-state index in [-0.39, 0.29) is 0 Å². The lowest BCUT2D eigenvalue weighted by Gasteiger charge is -2.24. The summed E-state index contributed by atoms with van der Waals surface area (Å²) in [6, 6.07) is 6.40. The van der Waals surface area contributed by atoms with Crippen LogP contribution in [0.4, 0.5) is 5.69 Å². The van der Waals surface area contributed by atoms with E-state index in [1.807, 2.05) is 18.2 Å². The number of hydrogen-bond donors (Lipinski definition) is 2. The molecule has 3 N–H and O–H groups in total. The summed E-state index contributed by atoms with van der Waals surface area (Å²) in [5.41, 5.74) is 7.33. The van der Waals surface area contributed by atoms with E-state index in [9.17, 15) is 0 Å². The Bertz CT molecular complexity index is 472. The van der Waals surface area contributed by atoms with Crippen molar-refractivity contribution in [1.82, 2.24) is 4.90 Å². The van der Waals surface area contributed by atoms with Crippen LogP contribution in [0, 0.1) is 0 Å². The first-order valence-electron chi connectivity index (χ1n) is 7.11. The zero-order valence-corrected chi connectivity index (χ0v) is 13.4. The van der Waals surface area contributed by atoms with E-state index in [4.69, 9.17) is 29.6 Å². The van der Waals surface area contributed by atoms with Crippen LogP contribution in [0.1, 0.15) is 31.2 Å². The van der Waals surface area contributed by atoms with Gasteiger partial charge in [-0.1, -0.05) is 36.7 Å². The highest BCUT2D eigenvalue weighted by atomic mass is 35.5. The number of nitrogens with two attached hydrogens (primary N) is 1. The minimum absolute atomic E-state index is 0.374. The molecule has 1 aliphatic carbocycles. The van der Waals surface area contributed by atoms with Crippen LogP contribution in [0.15, 0.2) is 18.2 Å². The maximum absolute atomic E-state index is 6.22. The highest BCUT2D eigenvalue weighted by Crippen LogP contribution is 2.24. The molecule has 1 saturated carbocycles. The summed E-state index contributed by atoms with van der Waals surface area (Å²) < 4.78 is 0. The van der Waals surface area contributed by atoms with Crippen molar-refractivity contribution in [3.8, 4) is 0 Å². The van der Waals surface area contributed by atoms with E-state index in [1.54, 1.807) is 0 Å². The Morgan fingerprint density at radius 2 is 2.15 bits per heavy atom. The zero-order valence-electron chi connectivity index (χ0n) is 11.9. The molecule has 5 heteroatoms. The van der Waals surface area contributed by atoms with Crippen molar-refractivity contribution < 1.29 is 0 Å². The fraction of sp³-hybridized carbons (Fsp3) is 0.533. The molecule has 0 aliphatic heterocycles. The standard InChI is InChI=1S/C15H22ClN3S/c1-19(12-4-2-3-5-12)9-8-18-14-7-6-11(15(17)20)10-13(14)16/h6-7,10,12,18H,2-5,8-9H2,1H3,(H2,17,20). The first-order valence-corrected chi connectivity index (χ1v) is 7.90. The van der Waals surface area contributed by atoms with Crippen LogP contribution in [-0.2, 0) is 0 Å². The molecule has 0 aromatic heterocycles. The van der Waals surface area contributed by atoms with Gasteiger partial charge < -0.3 is 16.0 Å².